The second kappa shape index (κ2) is 6.00. The first-order valence-electron chi connectivity index (χ1n) is 6.42. The predicted molar refractivity (Wildman–Crippen MR) is 71.7 cm³/mol. The number of likely N-dealkylation sites (N-methyl/N-ethyl adjacent to an activating group) is 1. The number of benzene rings is 1. The van der Waals surface area contributed by atoms with Crippen LogP contribution in [0.3, 0.4) is 0 Å². The van der Waals surface area contributed by atoms with Gasteiger partial charge in [-0.2, -0.15) is 0 Å². The summed E-state index contributed by atoms with van der Waals surface area (Å²) in [5.41, 5.74) is 0.410. The Morgan fingerprint density at radius 1 is 1.39 bits per heavy atom. The van der Waals surface area contributed by atoms with E-state index >= 15 is 0 Å². The molecule has 1 aliphatic heterocycles. The predicted octanol–water partition coefficient (Wildman–Crippen LogP) is 3.14. The Balaban J connectivity index is 2.38. The molecule has 1 aromatic carbocycles. The molecule has 0 saturated carbocycles. The van der Waals surface area contributed by atoms with E-state index < -0.39 is 0 Å². The highest BCUT2D eigenvalue weighted by Crippen LogP contribution is 2.39. The third-order valence-electron chi connectivity index (χ3n) is 3.66. The van der Waals surface area contributed by atoms with Crippen molar-refractivity contribution >= 4 is 11.6 Å². The summed E-state index contributed by atoms with van der Waals surface area (Å²) in [6, 6.07) is 4.91. The van der Waals surface area contributed by atoms with Gasteiger partial charge in [-0.15, -0.1) is 0 Å². The smallest absolute Gasteiger partial charge is 0.128 e. The van der Waals surface area contributed by atoms with E-state index in [0.717, 1.165) is 25.9 Å². The van der Waals surface area contributed by atoms with Crippen LogP contribution in [0.15, 0.2) is 18.2 Å². The summed E-state index contributed by atoms with van der Waals surface area (Å²) in [6.45, 7) is 4.99. The molecule has 0 amide bonds. The molecule has 0 unspecified atom stereocenters. The monoisotopic (exact) mass is 271 g/mol. The fourth-order valence-electron chi connectivity index (χ4n) is 2.65. The molecular weight excluding hydrogens is 253 g/mol. The summed E-state index contributed by atoms with van der Waals surface area (Å²) >= 11 is 6.22. The molecule has 0 aliphatic carbocycles. The lowest BCUT2D eigenvalue weighted by atomic mass is 9.73. The van der Waals surface area contributed by atoms with Crippen LogP contribution in [0.25, 0.3) is 0 Å². The van der Waals surface area contributed by atoms with E-state index in [2.05, 4.69) is 12.2 Å². The van der Waals surface area contributed by atoms with Crippen molar-refractivity contribution in [2.45, 2.75) is 25.2 Å². The van der Waals surface area contributed by atoms with E-state index in [1.165, 1.54) is 6.07 Å². The minimum atomic E-state index is -0.239. The van der Waals surface area contributed by atoms with Crippen molar-refractivity contribution in [1.82, 2.24) is 5.32 Å². The molecule has 4 heteroatoms. The van der Waals surface area contributed by atoms with Gasteiger partial charge in [0.05, 0.1) is 0 Å². The van der Waals surface area contributed by atoms with Gasteiger partial charge in [0, 0.05) is 35.8 Å². The third-order valence-corrected chi connectivity index (χ3v) is 3.97. The Kier molecular flexibility index (Phi) is 4.60. The second-order valence-electron chi connectivity index (χ2n) is 4.77. The fourth-order valence-corrected chi connectivity index (χ4v) is 3.01. The van der Waals surface area contributed by atoms with Gasteiger partial charge in [-0.05, 0) is 31.5 Å². The molecule has 1 N–H and O–H groups in total. The van der Waals surface area contributed by atoms with Gasteiger partial charge in [-0.1, -0.05) is 24.6 Å². The molecule has 0 aromatic heterocycles. The topological polar surface area (TPSA) is 21.3 Å². The number of ether oxygens (including phenoxy) is 1. The Morgan fingerprint density at radius 2 is 2.11 bits per heavy atom. The highest BCUT2D eigenvalue weighted by molar-refractivity contribution is 6.31. The summed E-state index contributed by atoms with van der Waals surface area (Å²) in [4.78, 5) is 0. The molecule has 1 aliphatic rings. The van der Waals surface area contributed by atoms with Crippen LogP contribution in [-0.4, -0.2) is 26.3 Å². The van der Waals surface area contributed by atoms with Crippen LogP contribution in [0.5, 0.6) is 0 Å². The van der Waals surface area contributed by atoms with Gasteiger partial charge in [-0.3, -0.25) is 0 Å². The quantitative estimate of drug-likeness (QED) is 0.908. The van der Waals surface area contributed by atoms with E-state index in [9.17, 15) is 4.39 Å². The number of hydrogen-bond acceptors (Lipinski definition) is 2. The lowest BCUT2D eigenvalue weighted by Gasteiger charge is -2.38. The van der Waals surface area contributed by atoms with Gasteiger partial charge >= 0.3 is 0 Å². The standard InChI is InChI=1S/C14H19ClFNO/c1-2-17-10-14(6-8-18-9-7-14)13-11(15)4-3-5-12(13)16/h3-5,17H,2,6-10H2,1H3. The Morgan fingerprint density at radius 3 is 2.72 bits per heavy atom. The summed E-state index contributed by atoms with van der Waals surface area (Å²) in [7, 11) is 0. The molecule has 2 nitrogen and oxygen atoms in total. The maximum atomic E-state index is 14.2. The molecule has 1 heterocycles. The summed E-state index contributed by atoms with van der Waals surface area (Å²) < 4.78 is 19.6. The van der Waals surface area contributed by atoms with Crippen LogP contribution in [0.2, 0.25) is 5.02 Å². The van der Waals surface area contributed by atoms with Crippen LogP contribution in [0.1, 0.15) is 25.3 Å². The molecule has 100 valence electrons. The maximum absolute atomic E-state index is 14.2. The van der Waals surface area contributed by atoms with Crippen molar-refractivity contribution in [3.8, 4) is 0 Å². The number of hydrogen-bond donors (Lipinski definition) is 1. The lowest BCUT2D eigenvalue weighted by Crippen LogP contribution is -2.43. The zero-order valence-corrected chi connectivity index (χ0v) is 11.4. The average molecular weight is 272 g/mol. The molecule has 0 atom stereocenters. The molecule has 1 aromatic rings. The van der Waals surface area contributed by atoms with Crippen LogP contribution >= 0.6 is 11.6 Å². The Labute approximate surface area is 112 Å². The molecule has 0 spiro atoms. The van der Waals surface area contributed by atoms with Crippen LogP contribution in [-0.2, 0) is 10.2 Å². The van der Waals surface area contributed by atoms with Crippen molar-refractivity contribution in [1.29, 1.82) is 0 Å². The molecular formula is C14H19ClFNO. The molecule has 0 radical (unpaired) electrons. The highest BCUT2D eigenvalue weighted by Gasteiger charge is 2.37. The summed E-state index contributed by atoms with van der Waals surface area (Å²) in [5, 5.41) is 3.85. The Hall–Kier alpha value is -0.640. The minimum absolute atomic E-state index is 0.206. The van der Waals surface area contributed by atoms with Gasteiger partial charge < -0.3 is 10.1 Å². The lowest BCUT2D eigenvalue weighted by molar-refractivity contribution is 0.0489. The first kappa shape index (κ1) is 13.8. The van der Waals surface area contributed by atoms with E-state index in [4.69, 9.17) is 16.3 Å². The van der Waals surface area contributed by atoms with Gasteiger partial charge in [0.15, 0.2) is 0 Å². The summed E-state index contributed by atoms with van der Waals surface area (Å²) in [6.07, 6.45) is 1.61. The Bertz CT molecular complexity index is 385. The fraction of sp³-hybridized carbons (Fsp3) is 0.571. The van der Waals surface area contributed by atoms with Crippen LogP contribution < -0.4 is 5.32 Å². The van der Waals surface area contributed by atoms with Crippen LogP contribution in [0, 0.1) is 5.82 Å². The molecule has 18 heavy (non-hydrogen) atoms. The molecule has 2 rings (SSSR count). The maximum Gasteiger partial charge on any atom is 0.128 e. The number of rotatable bonds is 4. The first-order valence-corrected chi connectivity index (χ1v) is 6.80. The van der Waals surface area contributed by atoms with Crippen molar-refractivity contribution in [3.05, 3.63) is 34.6 Å². The zero-order valence-electron chi connectivity index (χ0n) is 10.6. The van der Waals surface area contributed by atoms with E-state index in [1.54, 1.807) is 12.1 Å². The van der Waals surface area contributed by atoms with Crippen molar-refractivity contribution < 1.29 is 9.13 Å². The molecule has 1 fully saturated rings. The first-order chi connectivity index (χ1) is 8.69. The van der Waals surface area contributed by atoms with Gasteiger partial charge in [-0.25, -0.2) is 4.39 Å². The highest BCUT2D eigenvalue weighted by atomic mass is 35.5. The van der Waals surface area contributed by atoms with E-state index in [0.29, 0.717) is 23.8 Å². The molecule has 1 saturated heterocycles. The molecule has 0 bridgehead atoms. The van der Waals surface area contributed by atoms with Gasteiger partial charge in [0.2, 0.25) is 0 Å². The average Bonchev–Trinajstić information content (AvgIpc) is 2.37. The normalized spacial score (nSPS) is 18.8. The van der Waals surface area contributed by atoms with Gasteiger partial charge in [0.25, 0.3) is 0 Å². The SMILES string of the molecule is CCNCC1(c2c(F)cccc2Cl)CCOCC1. The number of nitrogens with one attached hydrogen (secondary N) is 1. The van der Waals surface area contributed by atoms with E-state index in [-0.39, 0.29) is 11.2 Å². The minimum Gasteiger partial charge on any atom is -0.381 e. The van der Waals surface area contributed by atoms with Crippen LogP contribution in [0.4, 0.5) is 4.39 Å². The largest absolute Gasteiger partial charge is 0.381 e. The second-order valence-corrected chi connectivity index (χ2v) is 5.18. The van der Waals surface area contributed by atoms with Crippen molar-refractivity contribution in [2.75, 3.05) is 26.3 Å². The third kappa shape index (κ3) is 2.68. The van der Waals surface area contributed by atoms with Crippen molar-refractivity contribution in [3.63, 3.8) is 0 Å². The van der Waals surface area contributed by atoms with Crippen molar-refractivity contribution in [2.24, 2.45) is 0 Å². The van der Waals surface area contributed by atoms with E-state index in [1.807, 2.05) is 0 Å². The van der Waals surface area contributed by atoms with Gasteiger partial charge in [0.1, 0.15) is 5.82 Å². The summed E-state index contributed by atoms with van der Waals surface area (Å²) in [5.74, 6) is -0.206. The number of halogens is 2. The zero-order chi connectivity index (χ0) is 13.0.